The summed E-state index contributed by atoms with van der Waals surface area (Å²) in [7, 11) is -4.00. The second-order valence-electron chi connectivity index (χ2n) is 3.74. The third-order valence-electron chi connectivity index (χ3n) is 2.16. The summed E-state index contributed by atoms with van der Waals surface area (Å²) >= 11 is 0. The Morgan fingerprint density at radius 1 is 1.26 bits per heavy atom. The predicted molar refractivity (Wildman–Crippen MR) is 70.7 cm³/mol. The first-order chi connectivity index (χ1) is 8.91. The van der Waals surface area contributed by atoms with Crippen LogP contribution in [0.3, 0.4) is 0 Å². The van der Waals surface area contributed by atoms with Crippen LogP contribution in [0.15, 0.2) is 35.2 Å². The molecule has 0 fully saturated rings. The molecule has 0 amide bonds. The molecule has 1 aromatic carbocycles. The van der Waals surface area contributed by atoms with Crippen LogP contribution in [0.4, 0.5) is 0 Å². The molecule has 0 saturated carbocycles. The number of nitrogens with two attached hydrogens (primary N) is 1. The fourth-order valence-corrected chi connectivity index (χ4v) is 1.67. The van der Waals surface area contributed by atoms with E-state index >= 15 is 0 Å². The van der Waals surface area contributed by atoms with Gasteiger partial charge in [0.15, 0.2) is 0 Å². The first kappa shape index (κ1) is 17.6. The Kier molecular flexibility index (Phi) is 8.77. The van der Waals surface area contributed by atoms with E-state index in [4.69, 9.17) is 4.55 Å². The van der Waals surface area contributed by atoms with Crippen LogP contribution >= 0.6 is 0 Å². The molecule has 6 nitrogen and oxygen atoms in total. The molecule has 0 radical (unpaired) electrons. The van der Waals surface area contributed by atoms with Gasteiger partial charge in [-0.05, 0) is 18.6 Å². The summed E-state index contributed by atoms with van der Waals surface area (Å²) in [6.07, 6.45) is 3.50. The van der Waals surface area contributed by atoms with Gasteiger partial charge in [0.25, 0.3) is 10.1 Å². The Bertz CT molecular complexity index is 458. The number of rotatable bonds is 5. The van der Waals surface area contributed by atoms with Gasteiger partial charge in [0.05, 0.1) is 4.90 Å². The van der Waals surface area contributed by atoms with Crippen molar-refractivity contribution in [2.24, 2.45) is 5.90 Å². The molecule has 19 heavy (non-hydrogen) atoms. The van der Waals surface area contributed by atoms with Crippen molar-refractivity contribution in [3.8, 4) is 0 Å². The average Bonchev–Trinajstić information content (AvgIpc) is 2.39. The second kappa shape index (κ2) is 9.48. The standard InChI is InChI=1S/C6H13NO2.C6H6O3S/c1-2-3-4-5-6(8)9-7;7-10(8,9)6-4-2-1-3-5-6/h2-5,7H2,1H3;1-5H,(H,7,8,9). The molecular formula is C12H19NO5S. The van der Waals surface area contributed by atoms with Crippen molar-refractivity contribution in [2.45, 2.75) is 37.5 Å². The van der Waals surface area contributed by atoms with Crippen LogP contribution in [-0.2, 0) is 19.8 Å². The third-order valence-corrected chi connectivity index (χ3v) is 3.02. The summed E-state index contributed by atoms with van der Waals surface area (Å²) in [4.78, 5) is 14.2. The number of benzene rings is 1. The van der Waals surface area contributed by atoms with Gasteiger partial charge in [-0.3, -0.25) is 9.35 Å². The molecule has 0 saturated heterocycles. The third kappa shape index (κ3) is 9.18. The molecule has 0 atom stereocenters. The number of unbranched alkanes of at least 4 members (excludes halogenated alkanes) is 2. The van der Waals surface area contributed by atoms with Crippen LogP contribution in [0, 0.1) is 0 Å². The van der Waals surface area contributed by atoms with Gasteiger partial charge in [-0.15, -0.1) is 0 Å². The van der Waals surface area contributed by atoms with E-state index in [1.165, 1.54) is 12.1 Å². The summed E-state index contributed by atoms with van der Waals surface area (Å²) in [5.41, 5.74) is 0. The van der Waals surface area contributed by atoms with E-state index in [-0.39, 0.29) is 10.9 Å². The Morgan fingerprint density at radius 3 is 2.21 bits per heavy atom. The average molecular weight is 289 g/mol. The summed E-state index contributed by atoms with van der Waals surface area (Å²) in [6.45, 7) is 2.08. The lowest BCUT2D eigenvalue weighted by Gasteiger charge is -1.94. The van der Waals surface area contributed by atoms with Crippen molar-refractivity contribution in [3.63, 3.8) is 0 Å². The van der Waals surface area contributed by atoms with Crippen molar-refractivity contribution < 1.29 is 22.6 Å². The molecule has 0 heterocycles. The highest BCUT2D eigenvalue weighted by atomic mass is 32.2. The van der Waals surface area contributed by atoms with E-state index in [1.807, 2.05) is 0 Å². The van der Waals surface area contributed by atoms with E-state index in [2.05, 4.69) is 17.7 Å². The molecule has 1 aromatic rings. The second-order valence-corrected chi connectivity index (χ2v) is 5.16. The van der Waals surface area contributed by atoms with E-state index in [0.717, 1.165) is 19.3 Å². The van der Waals surface area contributed by atoms with Crippen molar-refractivity contribution in [2.75, 3.05) is 0 Å². The summed E-state index contributed by atoms with van der Waals surface area (Å²) in [5.74, 6) is 4.29. The Morgan fingerprint density at radius 2 is 1.84 bits per heavy atom. The van der Waals surface area contributed by atoms with Gasteiger partial charge in [-0.1, -0.05) is 38.0 Å². The van der Waals surface area contributed by atoms with E-state index in [1.54, 1.807) is 18.2 Å². The molecule has 0 aliphatic rings. The van der Waals surface area contributed by atoms with Crippen LogP contribution in [-0.4, -0.2) is 18.9 Å². The molecule has 0 aliphatic heterocycles. The minimum atomic E-state index is -4.00. The Balaban J connectivity index is 0.000000344. The highest BCUT2D eigenvalue weighted by molar-refractivity contribution is 7.85. The number of carbonyl (C=O) groups excluding carboxylic acids is 1. The van der Waals surface area contributed by atoms with E-state index in [9.17, 15) is 13.2 Å². The fraction of sp³-hybridized carbons (Fsp3) is 0.417. The molecule has 7 heteroatoms. The lowest BCUT2D eigenvalue weighted by atomic mass is 10.2. The first-order valence-electron chi connectivity index (χ1n) is 5.84. The molecule has 3 N–H and O–H groups in total. The highest BCUT2D eigenvalue weighted by Gasteiger charge is 2.05. The highest BCUT2D eigenvalue weighted by Crippen LogP contribution is 2.05. The maximum Gasteiger partial charge on any atom is 0.324 e. The minimum absolute atomic E-state index is 0.0741. The number of hydrogen-bond acceptors (Lipinski definition) is 5. The van der Waals surface area contributed by atoms with Crippen LogP contribution in [0.25, 0.3) is 0 Å². The zero-order valence-corrected chi connectivity index (χ0v) is 11.6. The van der Waals surface area contributed by atoms with Crippen LogP contribution < -0.4 is 5.90 Å². The summed E-state index contributed by atoms with van der Waals surface area (Å²) in [6, 6.07) is 7.42. The first-order valence-corrected chi connectivity index (χ1v) is 7.28. The lowest BCUT2D eigenvalue weighted by Crippen LogP contribution is -2.08. The lowest BCUT2D eigenvalue weighted by molar-refractivity contribution is -0.144. The van der Waals surface area contributed by atoms with Crippen LogP contribution in [0.5, 0.6) is 0 Å². The minimum Gasteiger partial charge on any atom is -0.373 e. The topological polar surface area (TPSA) is 107 Å². The maximum atomic E-state index is 10.4. The monoisotopic (exact) mass is 289 g/mol. The molecule has 0 bridgehead atoms. The number of carbonyl (C=O) groups is 1. The van der Waals surface area contributed by atoms with Crippen molar-refractivity contribution in [1.29, 1.82) is 0 Å². The van der Waals surface area contributed by atoms with Gasteiger partial charge >= 0.3 is 5.97 Å². The molecule has 0 aliphatic carbocycles. The van der Waals surface area contributed by atoms with Crippen molar-refractivity contribution in [1.82, 2.24) is 0 Å². The normalized spacial score (nSPS) is 10.3. The molecular weight excluding hydrogens is 270 g/mol. The largest absolute Gasteiger partial charge is 0.373 e. The van der Waals surface area contributed by atoms with Crippen LogP contribution in [0.1, 0.15) is 32.6 Å². The van der Waals surface area contributed by atoms with Crippen molar-refractivity contribution >= 4 is 16.1 Å². The van der Waals surface area contributed by atoms with E-state index in [0.29, 0.717) is 6.42 Å². The molecule has 0 spiro atoms. The summed E-state index contributed by atoms with van der Waals surface area (Å²) < 4.78 is 29.2. The van der Waals surface area contributed by atoms with Gasteiger partial charge in [-0.25, -0.2) is 0 Å². The van der Waals surface area contributed by atoms with Crippen molar-refractivity contribution in [3.05, 3.63) is 30.3 Å². The fourth-order valence-electron chi connectivity index (χ4n) is 1.17. The Hall–Kier alpha value is -1.44. The maximum absolute atomic E-state index is 10.4. The Labute approximate surface area is 113 Å². The molecule has 1 rings (SSSR count). The molecule has 0 unspecified atom stereocenters. The molecule has 0 aromatic heterocycles. The van der Waals surface area contributed by atoms with Gasteiger partial charge in [0.1, 0.15) is 0 Å². The van der Waals surface area contributed by atoms with Crippen LogP contribution in [0.2, 0.25) is 0 Å². The zero-order chi connectivity index (χ0) is 14.7. The van der Waals surface area contributed by atoms with Gasteiger partial charge in [0.2, 0.25) is 0 Å². The SMILES string of the molecule is CCCCCC(=O)ON.O=S(=O)(O)c1ccccc1. The van der Waals surface area contributed by atoms with Gasteiger partial charge in [0, 0.05) is 6.42 Å². The van der Waals surface area contributed by atoms with Gasteiger partial charge < -0.3 is 4.84 Å². The predicted octanol–water partition coefficient (Wildman–Crippen LogP) is 1.92. The summed E-state index contributed by atoms with van der Waals surface area (Å²) in [5, 5.41) is 0. The van der Waals surface area contributed by atoms with E-state index < -0.39 is 10.1 Å². The quantitative estimate of drug-likeness (QED) is 0.487. The van der Waals surface area contributed by atoms with Gasteiger partial charge in [-0.2, -0.15) is 14.3 Å². The smallest absolute Gasteiger partial charge is 0.324 e. The zero-order valence-electron chi connectivity index (χ0n) is 10.8. The number of hydrogen-bond donors (Lipinski definition) is 2. The molecule has 108 valence electrons.